The van der Waals surface area contributed by atoms with E-state index in [1.807, 2.05) is 60.3 Å². The molecule has 22 heteroatoms. The number of carbonyl (C=O) groups excluding carboxylic acids is 4. The van der Waals surface area contributed by atoms with E-state index in [1.165, 1.54) is 0 Å². The van der Waals surface area contributed by atoms with Gasteiger partial charge in [-0.2, -0.15) is 20.5 Å². The van der Waals surface area contributed by atoms with Crippen molar-refractivity contribution in [2.24, 2.45) is 9.98 Å². The molecule has 4 amide bonds. The number of hydrogen-bond donors (Lipinski definition) is 4. The maximum Gasteiger partial charge on any atom is 0.262 e. The van der Waals surface area contributed by atoms with Crippen LogP contribution in [0.2, 0.25) is 8.67 Å². The van der Waals surface area contributed by atoms with Crippen molar-refractivity contribution in [3.8, 4) is 12.4 Å². The van der Waals surface area contributed by atoms with Crippen molar-refractivity contribution in [1.29, 1.82) is 10.5 Å². The van der Waals surface area contributed by atoms with Crippen LogP contribution in [0.15, 0.2) is 70.6 Å². The SMILES string of the molecule is Cc1cc(NC(=O)[C@@]2(NC(=O)c3ccc(Cl)s3)CCOC2)ccc1N1CCOCCC1=NC#N.Cc1cc(NC(=O)[C@]2(NC(=O)c3ccc(Cl)s3)CCOC2)ccc1N1CCOCCC1=NC#N. The zero-order valence-corrected chi connectivity index (χ0v) is 40.3. The molecule has 2 aromatic heterocycles. The summed E-state index contributed by atoms with van der Waals surface area (Å²) in [6, 6.07) is 17.6. The van der Waals surface area contributed by atoms with Crippen molar-refractivity contribution in [3.05, 3.63) is 90.2 Å². The van der Waals surface area contributed by atoms with E-state index < -0.39 is 11.1 Å². The summed E-state index contributed by atoms with van der Waals surface area (Å²) >= 11 is 14.2. The van der Waals surface area contributed by atoms with E-state index in [1.54, 1.807) is 36.4 Å². The molecule has 0 bridgehead atoms. The van der Waals surface area contributed by atoms with Crippen LogP contribution in [-0.2, 0) is 28.5 Å². The number of nitrogens with zero attached hydrogens (tertiary/aromatic N) is 6. The number of amides is 4. The largest absolute Gasteiger partial charge is 0.379 e. The Morgan fingerprint density at radius 3 is 1.38 bits per heavy atom. The van der Waals surface area contributed by atoms with Gasteiger partial charge in [-0.1, -0.05) is 23.2 Å². The summed E-state index contributed by atoms with van der Waals surface area (Å²) in [5.41, 5.74) is 2.42. The quantitative estimate of drug-likeness (QED) is 0.122. The van der Waals surface area contributed by atoms with E-state index in [-0.39, 0.29) is 36.8 Å². The number of ether oxygens (including phenoxy) is 4. The van der Waals surface area contributed by atoms with E-state index in [2.05, 4.69) is 31.3 Å². The topological polar surface area (TPSA) is 232 Å². The Hall–Kier alpha value is -5.94. The maximum absolute atomic E-state index is 13.3. The number of nitriles is 2. The van der Waals surface area contributed by atoms with Gasteiger partial charge in [-0.15, -0.1) is 22.7 Å². The fourth-order valence-corrected chi connectivity index (χ4v) is 9.92. The summed E-state index contributed by atoms with van der Waals surface area (Å²) in [5, 5.41) is 29.7. The lowest BCUT2D eigenvalue weighted by Crippen LogP contribution is -2.57. The summed E-state index contributed by atoms with van der Waals surface area (Å²) in [4.78, 5) is 64.7. The van der Waals surface area contributed by atoms with Crippen LogP contribution in [0.4, 0.5) is 22.7 Å². The molecule has 0 saturated carbocycles. The minimum absolute atomic E-state index is 0.0858. The fraction of sp³-hybridized carbons (Fsp3) is 0.391. The molecule has 2 aromatic carbocycles. The van der Waals surface area contributed by atoms with Gasteiger partial charge in [0.1, 0.15) is 22.7 Å². The van der Waals surface area contributed by atoms with Crippen LogP contribution in [0, 0.1) is 36.8 Å². The van der Waals surface area contributed by atoms with Crippen molar-refractivity contribution < 1.29 is 38.1 Å². The average molecular weight is 1000 g/mol. The highest BCUT2D eigenvalue weighted by Crippen LogP contribution is 2.31. The Labute approximate surface area is 410 Å². The highest BCUT2D eigenvalue weighted by molar-refractivity contribution is 7.18. The third kappa shape index (κ3) is 12.0. The molecule has 4 aliphatic rings. The second-order valence-electron chi connectivity index (χ2n) is 16.1. The second kappa shape index (κ2) is 22.9. The normalized spacial score (nSPS) is 21.7. The number of halogens is 2. The Bertz CT molecular complexity index is 2480. The minimum atomic E-state index is -1.17. The predicted octanol–water partition coefficient (Wildman–Crippen LogP) is 6.69. The van der Waals surface area contributed by atoms with E-state index in [4.69, 9.17) is 52.7 Å². The molecule has 6 heterocycles. The van der Waals surface area contributed by atoms with Gasteiger partial charge in [0.25, 0.3) is 23.6 Å². The monoisotopic (exact) mass is 1000 g/mol. The molecule has 4 aliphatic heterocycles. The molecule has 0 radical (unpaired) electrons. The highest BCUT2D eigenvalue weighted by Gasteiger charge is 2.45. The number of benzene rings is 2. The molecule has 2 atom stereocenters. The number of aryl methyl sites for hydroxylation is 2. The lowest BCUT2D eigenvalue weighted by molar-refractivity contribution is -0.122. The van der Waals surface area contributed by atoms with Crippen LogP contribution < -0.4 is 31.1 Å². The number of anilines is 4. The summed E-state index contributed by atoms with van der Waals surface area (Å²) in [6.07, 6.45) is 5.55. The van der Waals surface area contributed by atoms with Crippen LogP contribution in [0.25, 0.3) is 0 Å². The predicted molar refractivity (Wildman–Crippen MR) is 261 cm³/mol. The number of hydrogen-bond acceptors (Lipinski definition) is 14. The van der Waals surface area contributed by atoms with Gasteiger partial charge < -0.3 is 50.0 Å². The molecule has 0 aliphatic carbocycles. The first-order valence-electron chi connectivity index (χ1n) is 21.6. The molecular formula is C46H48Cl2N10O8S2. The van der Waals surface area contributed by atoms with Crippen LogP contribution >= 0.6 is 45.9 Å². The van der Waals surface area contributed by atoms with E-state index in [9.17, 15) is 19.2 Å². The van der Waals surface area contributed by atoms with Gasteiger partial charge in [-0.25, -0.2) is 0 Å². The van der Waals surface area contributed by atoms with E-state index in [0.29, 0.717) is 120 Å². The highest BCUT2D eigenvalue weighted by atomic mass is 35.5. The molecule has 0 unspecified atom stereocenters. The summed E-state index contributed by atoms with van der Waals surface area (Å²) < 4.78 is 23.0. The minimum Gasteiger partial charge on any atom is -0.379 e. The van der Waals surface area contributed by atoms with Gasteiger partial charge >= 0.3 is 0 Å². The molecule has 4 aromatic rings. The van der Waals surface area contributed by atoms with Gasteiger partial charge in [0.15, 0.2) is 0 Å². The van der Waals surface area contributed by atoms with Crippen LogP contribution in [0.5, 0.6) is 0 Å². The number of aliphatic imine (C=N–C) groups is 2. The Kier molecular flexibility index (Phi) is 16.8. The third-order valence-electron chi connectivity index (χ3n) is 11.5. The van der Waals surface area contributed by atoms with Gasteiger partial charge in [0, 0.05) is 74.7 Å². The summed E-state index contributed by atoms with van der Waals surface area (Å²) in [5.74, 6) is -0.115. The maximum atomic E-state index is 13.3. The molecule has 68 heavy (non-hydrogen) atoms. The van der Waals surface area contributed by atoms with E-state index in [0.717, 1.165) is 45.2 Å². The number of thiophene rings is 2. The molecular weight excluding hydrogens is 956 g/mol. The lowest BCUT2D eigenvalue weighted by atomic mass is 9.96. The Morgan fingerprint density at radius 1 is 0.618 bits per heavy atom. The van der Waals surface area contributed by atoms with Gasteiger partial charge in [0.05, 0.1) is 58.1 Å². The summed E-state index contributed by atoms with van der Waals surface area (Å²) in [6.45, 7) is 8.00. The molecule has 18 nitrogen and oxygen atoms in total. The number of nitrogens with one attached hydrogen (secondary N) is 4. The molecule has 4 N–H and O–H groups in total. The van der Waals surface area contributed by atoms with Crippen LogP contribution in [0.3, 0.4) is 0 Å². The first kappa shape index (κ1) is 50.0. The Morgan fingerprint density at radius 2 is 1.04 bits per heavy atom. The van der Waals surface area contributed by atoms with Crippen molar-refractivity contribution in [1.82, 2.24) is 10.6 Å². The fourth-order valence-electron chi connectivity index (χ4n) is 8.04. The second-order valence-corrected chi connectivity index (χ2v) is 19.5. The standard InChI is InChI=1S/2C23H24ClN5O4S/c2*1-15-12-16(2-3-17(15)29-8-11-32-9-6-20(29)26-14-25)27-22(31)23(7-10-33-13-23)28-21(30)18-4-5-19(24)34-18/h2*2-5,12H,6-11,13H2,1H3,(H,27,31)(H,28,30)/t2*23-/m10/s1. The summed E-state index contributed by atoms with van der Waals surface area (Å²) in [7, 11) is 0. The molecule has 4 fully saturated rings. The van der Waals surface area contributed by atoms with Gasteiger partial charge in [-0.3, -0.25) is 19.2 Å². The first-order chi connectivity index (χ1) is 32.8. The van der Waals surface area contributed by atoms with Crippen LogP contribution in [0.1, 0.15) is 56.2 Å². The van der Waals surface area contributed by atoms with Crippen LogP contribution in [-0.4, -0.2) is 112 Å². The molecule has 356 valence electrons. The van der Waals surface area contributed by atoms with Crippen molar-refractivity contribution in [2.45, 2.75) is 50.6 Å². The third-order valence-corrected chi connectivity index (χ3v) is 14.0. The van der Waals surface area contributed by atoms with Gasteiger partial charge in [0.2, 0.25) is 12.4 Å². The number of amidine groups is 2. The van der Waals surface area contributed by atoms with E-state index >= 15 is 0 Å². The number of carbonyl (C=O) groups is 4. The van der Waals surface area contributed by atoms with Gasteiger partial charge in [-0.05, 0) is 85.6 Å². The van der Waals surface area contributed by atoms with Crippen molar-refractivity contribution in [3.63, 3.8) is 0 Å². The number of rotatable bonds is 10. The average Bonchev–Trinajstić information content (AvgIpc) is 4.12. The zero-order valence-electron chi connectivity index (χ0n) is 37.2. The zero-order chi connectivity index (χ0) is 48.3. The first-order valence-corrected chi connectivity index (χ1v) is 24.0. The Balaban J connectivity index is 0.000000201. The lowest BCUT2D eigenvalue weighted by Gasteiger charge is -2.28. The van der Waals surface area contributed by atoms with Crippen molar-refractivity contribution in [2.75, 3.05) is 86.4 Å². The molecule has 4 saturated heterocycles. The molecule has 0 spiro atoms. The smallest absolute Gasteiger partial charge is 0.262 e. The molecule has 8 rings (SSSR count). The van der Waals surface area contributed by atoms with Crippen molar-refractivity contribution >= 4 is 104 Å².